The minimum Gasteiger partial charge on any atom is -0.350 e. The van der Waals surface area contributed by atoms with Crippen molar-refractivity contribution in [3.8, 4) is 0 Å². The number of fused-ring (bicyclic) bond motifs is 1. The summed E-state index contributed by atoms with van der Waals surface area (Å²) in [5.41, 5.74) is 0.951. The fourth-order valence-electron chi connectivity index (χ4n) is 2.53. The van der Waals surface area contributed by atoms with Crippen molar-refractivity contribution >= 4 is 29.0 Å². The minimum atomic E-state index is -0.163. The Balaban J connectivity index is 2.20. The first-order valence-corrected chi connectivity index (χ1v) is 8.38. The fraction of sp³-hybridized carbons (Fsp3) is 0.471. The summed E-state index contributed by atoms with van der Waals surface area (Å²) in [5, 5.41) is 3.52. The molecule has 124 valence electrons. The molecule has 0 aliphatic heterocycles. The number of benzene rings is 1. The maximum absolute atomic E-state index is 12.3. The Bertz CT molecular complexity index is 823. The van der Waals surface area contributed by atoms with Gasteiger partial charge in [-0.1, -0.05) is 26.2 Å². The topological polar surface area (TPSA) is 66.9 Å². The lowest BCUT2D eigenvalue weighted by Gasteiger charge is -2.14. The third kappa shape index (κ3) is 4.07. The van der Waals surface area contributed by atoms with E-state index < -0.39 is 0 Å². The van der Waals surface area contributed by atoms with Crippen molar-refractivity contribution < 1.29 is 4.79 Å². The van der Waals surface area contributed by atoms with Crippen LogP contribution < -0.4 is 10.9 Å². The van der Waals surface area contributed by atoms with Crippen LogP contribution in [0.1, 0.15) is 49.9 Å². The lowest BCUT2D eigenvalue weighted by atomic mass is 10.1. The summed E-state index contributed by atoms with van der Waals surface area (Å²) in [5.74, 6) is -0.129. The zero-order chi connectivity index (χ0) is 17.0. The average Bonchev–Trinajstić information content (AvgIpc) is 2.52. The lowest BCUT2D eigenvalue weighted by Crippen LogP contribution is -2.32. The van der Waals surface area contributed by atoms with Gasteiger partial charge in [0.05, 0.1) is 10.9 Å². The van der Waals surface area contributed by atoms with E-state index in [2.05, 4.69) is 17.2 Å². The smallest absolute Gasteiger partial charge is 0.261 e. The first-order chi connectivity index (χ1) is 10.9. The maximum Gasteiger partial charge on any atom is 0.261 e. The van der Waals surface area contributed by atoms with E-state index in [1.165, 1.54) is 17.4 Å². The van der Waals surface area contributed by atoms with Crippen molar-refractivity contribution in [3.05, 3.63) is 38.9 Å². The van der Waals surface area contributed by atoms with Gasteiger partial charge < -0.3 is 10.3 Å². The Kier molecular flexibility index (Phi) is 5.71. The number of aromatic nitrogens is 2. The van der Waals surface area contributed by atoms with Crippen molar-refractivity contribution in [2.75, 3.05) is 0 Å². The molecule has 1 heterocycles. The second kappa shape index (κ2) is 7.55. The van der Waals surface area contributed by atoms with Crippen LogP contribution in [0.2, 0.25) is 0 Å². The molecule has 0 radical (unpaired) electrons. The van der Waals surface area contributed by atoms with Crippen LogP contribution in [0.4, 0.5) is 0 Å². The molecule has 0 spiro atoms. The van der Waals surface area contributed by atoms with E-state index in [1.807, 2.05) is 6.92 Å². The van der Waals surface area contributed by atoms with Crippen LogP contribution in [0.3, 0.4) is 0 Å². The lowest BCUT2D eigenvalue weighted by molar-refractivity contribution is 0.0938. The highest BCUT2D eigenvalue weighted by Crippen LogP contribution is 2.11. The predicted octanol–water partition coefficient (Wildman–Crippen LogP) is 3.29. The Hall–Kier alpha value is -1.95. The molecule has 5 nitrogen and oxygen atoms in total. The molecule has 0 saturated heterocycles. The summed E-state index contributed by atoms with van der Waals surface area (Å²) < 4.78 is 1.72. The first-order valence-electron chi connectivity index (χ1n) is 7.98. The van der Waals surface area contributed by atoms with Crippen LogP contribution in [0.15, 0.2) is 23.0 Å². The SMILES string of the molecule is CCCCCC(C)NC(=O)c1ccc2c(=O)n(C)c(=S)[nH]c2c1. The Morgan fingerprint density at radius 2 is 2.13 bits per heavy atom. The van der Waals surface area contributed by atoms with Gasteiger partial charge in [-0.2, -0.15) is 0 Å². The van der Waals surface area contributed by atoms with Gasteiger partial charge in [-0.15, -0.1) is 0 Å². The van der Waals surface area contributed by atoms with Crippen LogP contribution in [0.5, 0.6) is 0 Å². The predicted molar refractivity (Wildman–Crippen MR) is 95.4 cm³/mol. The number of nitrogens with one attached hydrogen (secondary N) is 2. The number of carbonyl (C=O) groups excluding carboxylic acids is 1. The Labute approximate surface area is 140 Å². The third-order valence-electron chi connectivity index (χ3n) is 3.98. The highest BCUT2D eigenvalue weighted by molar-refractivity contribution is 7.71. The molecule has 2 rings (SSSR count). The summed E-state index contributed by atoms with van der Waals surface area (Å²) in [6.07, 6.45) is 4.42. The van der Waals surface area contributed by atoms with Crippen molar-refractivity contribution in [2.24, 2.45) is 7.05 Å². The molecule has 0 aliphatic carbocycles. The van der Waals surface area contributed by atoms with Crippen LogP contribution in [0.25, 0.3) is 10.9 Å². The summed E-state index contributed by atoms with van der Waals surface area (Å²) in [6.45, 7) is 4.17. The van der Waals surface area contributed by atoms with E-state index >= 15 is 0 Å². The highest BCUT2D eigenvalue weighted by Gasteiger charge is 2.11. The van der Waals surface area contributed by atoms with Gasteiger partial charge in [-0.25, -0.2) is 0 Å². The molecule has 1 aromatic carbocycles. The van der Waals surface area contributed by atoms with Gasteiger partial charge >= 0.3 is 0 Å². The number of aromatic amines is 1. The minimum absolute atomic E-state index is 0.129. The number of hydrogen-bond donors (Lipinski definition) is 2. The molecule has 1 amide bonds. The molecule has 0 fully saturated rings. The van der Waals surface area contributed by atoms with Gasteiger partial charge in [0, 0.05) is 18.7 Å². The molecule has 0 bridgehead atoms. The standard InChI is InChI=1S/C17H23N3O2S/c1-4-5-6-7-11(2)18-15(21)12-8-9-13-14(10-12)19-17(23)20(3)16(13)22/h8-11H,4-7H2,1-3H3,(H,18,21)(H,19,23). The summed E-state index contributed by atoms with van der Waals surface area (Å²) in [6, 6.07) is 5.15. The first kappa shape index (κ1) is 17.4. The number of hydrogen-bond acceptors (Lipinski definition) is 3. The quantitative estimate of drug-likeness (QED) is 0.630. The van der Waals surface area contributed by atoms with Crippen molar-refractivity contribution in [1.82, 2.24) is 14.9 Å². The van der Waals surface area contributed by atoms with Crippen LogP contribution >= 0.6 is 12.2 Å². The average molecular weight is 333 g/mol. The molecule has 1 aromatic heterocycles. The molecule has 23 heavy (non-hydrogen) atoms. The summed E-state index contributed by atoms with van der Waals surface area (Å²) in [4.78, 5) is 27.5. The van der Waals surface area contributed by atoms with Gasteiger partial charge in [-0.05, 0) is 43.8 Å². The van der Waals surface area contributed by atoms with Gasteiger partial charge in [0.1, 0.15) is 0 Å². The number of unbranched alkanes of at least 4 members (excludes halogenated alkanes) is 2. The van der Waals surface area contributed by atoms with Crippen molar-refractivity contribution in [1.29, 1.82) is 0 Å². The van der Waals surface area contributed by atoms with E-state index in [9.17, 15) is 9.59 Å². The Morgan fingerprint density at radius 3 is 2.83 bits per heavy atom. The number of rotatable bonds is 6. The van der Waals surface area contributed by atoms with Crippen molar-refractivity contribution in [3.63, 3.8) is 0 Å². The molecular formula is C17H23N3O2S. The van der Waals surface area contributed by atoms with E-state index in [1.54, 1.807) is 25.2 Å². The number of carbonyl (C=O) groups is 1. The van der Waals surface area contributed by atoms with Gasteiger partial charge in [0.25, 0.3) is 11.5 Å². The van der Waals surface area contributed by atoms with Gasteiger partial charge in [0.15, 0.2) is 4.77 Å². The van der Waals surface area contributed by atoms with E-state index in [-0.39, 0.29) is 17.5 Å². The molecule has 0 saturated carbocycles. The van der Waals surface area contributed by atoms with Crippen LogP contribution in [-0.2, 0) is 7.05 Å². The Morgan fingerprint density at radius 1 is 1.39 bits per heavy atom. The van der Waals surface area contributed by atoms with E-state index in [4.69, 9.17) is 12.2 Å². The number of H-pyrrole nitrogens is 1. The normalized spacial score (nSPS) is 12.3. The number of nitrogens with zero attached hydrogens (tertiary/aromatic N) is 1. The largest absolute Gasteiger partial charge is 0.350 e. The number of amides is 1. The molecule has 2 N–H and O–H groups in total. The van der Waals surface area contributed by atoms with Crippen LogP contribution in [0, 0.1) is 4.77 Å². The molecule has 1 unspecified atom stereocenters. The zero-order valence-corrected chi connectivity index (χ0v) is 14.6. The summed E-state index contributed by atoms with van der Waals surface area (Å²) >= 11 is 5.11. The maximum atomic E-state index is 12.3. The van der Waals surface area contributed by atoms with Crippen molar-refractivity contribution in [2.45, 2.75) is 45.6 Å². The molecule has 6 heteroatoms. The fourth-order valence-corrected chi connectivity index (χ4v) is 2.72. The third-order valence-corrected chi connectivity index (χ3v) is 4.36. The monoisotopic (exact) mass is 333 g/mol. The molecule has 2 aromatic rings. The second-order valence-electron chi connectivity index (χ2n) is 5.92. The highest BCUT2D eigenvalue weighted by atomic mass is 32.1. The van der Waals surface area contributed by atoms with E-state index in [0.29, 0.717) is 21.2 Å². The molecular weight excluding hydrogens is 310 g/mol. The zero-order valence-electron chi connectivity index (χ0n) is 13.8. The summed E-state index contributed by atoms with van der Waals surface area (Å²) in [7, 11) is 1.62. The van der Waals surface area contributed by atoms with Crippen LogP contribution in [-0.4, -0.2) is 21.5 Å². The van der Waals surface area contributed by atoms with Gasteiger partial charge in [-0.3, -0.25) is 14.2 Å². The molecule has 1 atom stereocenters. The van der Waals surface area contributed by atoms with E-state index in [0.717, 1.165) is 12.8 Å². The molecule has 0 aliphatic rings. The second-order valence-corrected chi connectivity index (χ2v) is 6.31. The van der Waals surface area contributed by atoms with Gasteiger partial charge in [0.2, 0.25) is 0 Å².